The monoisotopic (exact) mass is 539 g/mol. The van der Waals surface area contributed by atoms with Crippen molar-refractivity contribution in [1.29, 1.82) is 0 Å². The van der Waals surface area contributed by atoms with E-state index in [0.717, 1.165) is 36.3 Å². The first kappa shape index (κ1) is 27.6. The highest BCUT2D eigenvalue weighted by molar-refractivity contribution is 5.74. The number of aryl methyl sites for hydroxylation is 1. The summed E-state index contributed by atoms with van der Waals surface area (Å²) in [5, 5.41) is 17.8. The summed E-state index contributed by atoms with van der Waals surface area (Å²) >= 11 is 0. The Balaban J connectivity index is 1.48. The SMILES string of the molecule is CN(CCC(F)(F)F)C(=O)OCc1c(-c2ccc(O[C@H]3CCC[C@](C)(C(=O)O)C3)c(C3CC3)n2)nnn1C. The van der Waals surface area contributed by atoms with Gasteiger partial charge in [0.15, 0.2) is 0 Å². The van der Waals surface area contributed by atoms with E-state index in [1.54, 1.807) is 26.1 Å². The van der Waals surface area contributed by atoms with Gasteiger partial charge in [-0.3, -0.25) is 4.79 Å². The van der Waals surface area contributed by atoms with Gasteiger partial charge in [-0.1, -0.05) is 5.21 Å². The Bertz CT molecular complexity index is 1180. The van der Waals surface area contributed by atoms with Gasteiger partial charge in [-0.15, -0.1) is 5.10 Å². The Kier molecular flexibility index (Phi) is 7.84. The fourth-order valence-corrected chi connectivity index (χ4v) is 4.61. The van der Waals surface area contributed by atoms with Crippen molar-refractivity contribution in [2.24, 2.45) is 12.5 Å². The molecule has 0 aromatic carbocycles. The van der Waals surface area contributed by atoms with Gasteiger partial charge >= 0.3 is 18.2 Å². The first-order chi connectivity index (χ1) is 17.9. The van der Waals surface area contributed by atoms with Crippen LogP contribution in [0.1, 0.15) is 69.2 Å². The minimum Gasteiger partial charge on any atom is -0.488 e. The molecule has 0 spiro atoms. The third kappa shape index (κ3) is 6.54. The molecular weight excluding hydrogens is 507 g/mol. The Morgan fingerprint density at radius 2 is 2.00 bits per heavy atom. The van der Waals surface area contributed by atoms with Crippen LogP contribution in [0.2, 0.25) is 0 Å². The van der Waals surface area contributed by atoms with Crippen molar-refractivity contribution in [2.45, 2.75) is 76.7 Å². The summed E-state index contributed by atoms with van der Waals surface area (Å²) in [6, 6.07) is 3.53. The fraction of sp³-hybridized carbons (Fsp3) is 0.640. The largest absolute Gasteiger partial charge is 0.488 e. The molecule has 1 N–H and O–H groups in total. The normalized spacial score (nSPS) is 21.7. The maximum absolute atomic E-state index is 12.5. The molecule has 2 aromatic heterocycles. The lowest BCUT2D eigenvalue weighted by molar-refractivity contribution is -0.151. The second kappa shape index (κ2) is 10.8. The van der Waals surface area contributed by atoms with Crippen LogP contribution < -0.4 is 4.74 Å². The number of carbonyl (C=O) groups is 2. The number of rotatable bonds is 9. The molecule has 208 valence electrons. The van der Waals surface area contributed by atoms with E-state index in [1.807, 2.05) is 0 Å². The molecule has 0 bridgehead atoms. The molecule has 2 atom stereocenters. The van der Waals surface area contributed by atoms with E-state index in [1.165, 1.54) is 11.7 Å². The molecule has 2 saturated carbocycles. The molecule has 2 heterocycles. The molecule has 10 nitrogen and oxygen atoms in total. The molecule has 2 aromatic rings. The van der Waals surface area contributed by atoms with Crippen LogP contribution >= 0.6 is 0 Å². The van der Waals surface area contributed by atoms with Crippen molar-refractivity contribution < 1.29 is 37.3 Å². The first-order valence-electron chi connectivity index (χ1n) is 12.6. The molecule has 2 aliphatic rings. The van der Waals surface area contributed by atoms with Gasteiger partial charge in [-0.2, -0.15) is 13.2 Å². The number of aromatic nitrogens is 4. The molecule has 13 heteroatoms. The summed E-state index contributed by atoms with van der Waals surface area (Å²) in [7, 11) is 2.86. The zero-order valence-electron chi connectivity index (χ0n) is 21.6. The molecule has 0 saturated heterocycles. The first-order valence-corrected chi connectivity index (χ1v) is 12.6. The number of hydrogen-bond donors (Lipinski definition) is 1. The molecule has 1 amide bonds. The van der Waals surface area contributed by atoms with E-state index in [2.05, 4.69) is 10.3 Å². The molecule has 4 rings (SSSR count). The predicted molar refractivity (Wildman–Crippen MR) is 128 cm³/mol. The summed E-state index contributed by atoms with van der Waals surface area (Å²) in [6.45, 7) is 0.992. The van der Waals surface area contributed by atoms with Crippen LogP contribution in [0.15, 0.2) is 12.1 Å². The Hall–Kier alpha value is -3.38. The summed E-state index contributed by atoms with van der Waals surface area (Å²) in [4.78, 5) is 29.6. The van der Waals surface area contributed by atoms with Crippen LogP contribution in [-0.4, -0.2) is 67.9 Å². The van der Waals surface area contributed by atoms with E-state index in [4.69, 9.17) is 14.5 Å². The van der Waals surface area contributed by atoms with Crippen LogP contribution in [0.3, 0.4) is 0 Å². The lowest BCUT2D eigenvalue weighted by atomic mass is 9.74. The Morgan fingerprint density at radius 1 is 1.26 bits per heavy atom. The van der Waals surface area contributed by atoms with Gasteiger partial charge in [-0.05, 0) is 51.2 Å². The number of amides is 1. The van der Waals surface area contributed by atoms with Crippen LogP contribution in [0.4, 0.5) is 18.0 Å². The van der Waals surface area contributed by atoms with Crippen molar-refractivity contribution in [3.8, 4) is 17.1 Å². The van der Waals surface area contributed by atoms with Crippen molar-refractivity contribution in [2.75, 3.05) is 13.6 Å². The summed E-state index contributed by atoms with van der Waals surface area (Å²) in [5.41, 5.74) is 1.29. The summed E-state index contributed by atoms with van der Waals surface area (Å²) < 4.78 is 50.3. The molecule has 0 aliphatic heterocycles. The van der Waals surface area contributed by atoms with Crippen LogP contribution in [0.5, 0.6) is 5.75 Å². The van der Waals surface area contributed by atoms with E-state index in [9.17, 15) is 27.9 Å². The summed E-state index contributed by atoms with van der Waals surface area (Å²) in [6.07, 6.45) is -2.13. The number of alkyl halides is 3. The van der Waals surface area contributed by atoms with Gasteiger partial charge in [0.05, 0.1) is 29.3 Å². The minimum absolute atomic E-state index is 0.222. The number of aliphatic carboxylic acids is 1. The third-order valence-corrected chi connectivity index (χ3v) is 7.15. The van der Waals surface area contributed by atoms with Crippen LogP contribution in [0, 0.1) is 5.41 Å². The Labute approximate surface area is 218 Å². The predicted octanol–water partition coefficient (Wildman–Crippen LogP) is 4.69. The standard InChI is InChI=1S/C25H32F3N5O5/c1-24(22(34)35)10-4-5-16(13-24)38-19-9-8-17(29-20(19)15-6-7-15)21-18(33(3)31-30-21)14-37-23(36)32(2)12-11-25(26,27)28/h8-9,15-16H,4-7,10-14H2,1-3H3,(H,34,35)/t16-,24-/m0/s1. The van der Waals surface area contributed by atoms with Crippen LogP contribution in [-0.2, 0) is 23.2 Å². The van der Waals surface area contributed by atoms with Crippen molar-refractivity contribution in [1.82, 2.24) is 24.9 Å². The number of hydrogen-bond acceptors (Lipinski definition) is 7. The zero-order chi connectivity index (χ0) is 27.7. The highest BCUT2D eigenvalue weighted by Crippen LogP contribution is 2.45. The van der Waals surface area contributed by atoms with Crippen LogP contribution in [0.25, 0.3) is 11.4 Å². The molecule has 2 aliphatic carbocycles. The molecule has 0 unspecified atom stereocenters. The quantitative estimate of drug-likeness (QED) is 0.488. The highest BCUT2D eigenvalue weighted by Gasteiger charge is 2.40. The molecule has 2 fully saturated rings. The van der Waals surface area contributed by atoms with E-state index in [-0.39, 0.29) is 18.6 Å². The van der Waals surface area contributed by atoms with E-state index in [0.29, 0.717) is 35.7 Å². The average Bonchev–Trinajstić information content (AvgIpc) is 3.63. The number of pyridine rings is 1. The lowest BCUT2D eigenvalue weighted by Gasteiger charge is -2.35. The van der Waals surface area contributed by atoms with Gasteiger partial charge in [0.25, 0.3) is 0 Å². The smallest absolute Gasteiger partial charge is 0.409 e. The summed E-state index contributed by atoms with van der Waals surface area (Å²) in [5.74, 6) is 0.0304. The zero-order valence-corrected chi connectivity index (χ0v) is 21.6. The number of carboxylic acids is 1. The fourth-order valence-electron chi connectivity index (χ4n) is 4.61. The van der Waals surface area contributed by atoms with Gasteiger partial charge in [0, 0.05) is 33.0 Å². The second-order valence-corrected chi connectivity index (χ2v) is 10.4. The van der Waals surface area contributed by atoms with Gasteiger partial charge in [-0.25, -0.2) is 14.5 Å². The van der Waals surface area contributed by atoms with Gasteiger partial charge < -0.3 is 19.5 Å². The number of nitrogens with zero attached hydrogens (tertiary/aromatic N) is 5. The Morgan fingerprint density at radius 3 is 2.66 bits per heavy atom. The maximum atomic E-state index is 12.5. The number of carbonyl (C=O) groups excluding carboxylic acids is 1. The number of carboxylic acid groups (broad SMARTS) is 1. The average molecular weight is 540 g/mol. The maximum Gasteiger partial charge on any atom is 0.409 e. The molecule has 38 heavy (non-hydrogen) atoms. The highest BCUT2D eigenvalue weighted by atomic mass is 19.4. The third-order valence-electron chi connectivity index (χ3n) is 7.15. The lowest BCUT2D eigenvalue weighted by Crippen LogP contribution is -2.38. The van der Waals surface area contributed by atoms with Crippen molar-refractivity contribution in [3.63, 3.8) is 0 Å². The minimum atomic E-state index is -4.37. The number of ether oxygens (including phenoxy) is 2. The van der Waals surface area contributed by atoms with Crippen molar-refractivity contribution in [3.05, 3.63) is 23.5 Å². The van der Waals surface area contributed by atoms with E-state index >= 15 is 0 Å². The van der Waals surface area contributed by atoms with E-state index < -0.39 is 36.6 Å². The molecule has 0 radical (unpaired) electrons. The topological polar surface area (TPSA) is 120 Å². The van der Waals surface area contributed by atoms with Gasteiger partial charge in [0.1, 0.15) is 23.7 Å². The number of halogens is 3. The van der Waals surface area contributed by atoms with Gasteiger partial charge in [0.2, 0.25) is 0 Å². The molecular formula is C25H32F3N5O5. The second-order valence-electron chi connectivity index (χ2n) is 10.4. The van der Waals surface area contributed by atoms with Crippen molar-refractivity contribution >= 4 is 12.1 Å².